The standard InChI is InChI=1S/C13H19N3O3S2/c1-9-7-21-11(15-9)2-3-14-13(19)16-4-5-20-8-10(16)6-12(17)18/h7,10H,2-6,8H2,1H3,(H,14,19)(H,17,18). The monoisotopic (exact) mass is 329 g/mol. The normalized spacial score (nSPS) is 18.5. The lowest BCUT2D eigenvalue weighted by atomic mass is 10.2. The molecule has 21 heavy (non-hydrogen) atoms. The van der Waals surface area contributed by atoms with E-state index < -0.39 is 5.97 Å². The molecule has 2 rings (SSSR count). The second-order valence-corrected chi connectivity index (χ2v) is 6.98. The molecule has 1 fully saturated rings. The quantitative estimate of drug-likeness (QED) is 0.857. The number of rotatable bonds is 5. The molecule has 0 aromatic carbocycles. The van der Waals surface area contributed by atoms with Crippen molar-refractivity contribution in [3.8, 4) is 0 Å². The summed E-state index contributed by atoms with van der Waals surface area (Å²) in [5, 5.41) is 14.8. The zero-order chi connectivity index (χ0) is 15.2. The van der Waals surface area contributed by atoms with E-state index in [2.05, 4.69) is 10.3 Å². The van der Waals surface area contributed by atoms with E-state index >= 15 is 0 Å². The average molecular weight is 329 g/mol. The fourth-order valence-electron chi connectivity index (χ4n) is 2.19. The Bertz CT molecular complexity index is 507. The number of thioether (sulfide) groups is 1. The van der Waals surface area contributed by atoms with Crippen LogP contribution in [-0.2, 0) is 11.2 Å². The van der Waals surface area contributed by atoms with Crippen molar-refractivity contribution in [3.05, 3.63) is 16.1 Å². The predicted octanol–water partition coefficient (Wildman–Crippen LogP) is 1.60. The fraction of sp³-hybridized carbons (Fsp3) is 0.615. The van der Waals surface area contributed by atoms with Gasteiger partial charge in [-0.3, -0.25) is 4.79 Å². The van der Waals surface area contributed by atoms with Crippen LogP contribution in [0.25, 0.3) is 0 Å². The van der Waals surface area contributed by atoms with Crippen LogP contribution < -0.4 is 5.32 Å². The van der Waals surface area contributed by atoms with Crippen LogP contribution in [-0.4, -0.2) is 57.6 Å². The zero-order valence-electron chi connectivity index (χ0n) is 11.9. The molecular formula is C13H19N3O3S2. The van der Waals surface area contributed by atoms with E-state index in [4.69, 9.17) is 5.11 Å². The van der Waals surface area contributed by atoms with E-state index in [1.807, 2.05) is 12.3 Å². The number of urea groups is 1. The van der Waals surface area contributed by atoms with Gasteiger partial charge in [0.25, 0.3) is 0 Å². The summed E-state index contributed by atoms with van der Waals surface area (Å²) < 4.78 is 0. The van der Waals surface area contributed by atoms with Gasteiger partial charge in [-0.1, -0.05) is 0 Å². The first-order valence-corrected chi connectivity index (χ1v) is 8.84. The summed E-state index contributed by atoms with van der Waals surface area (Å²) in [6, 6.07) is -0.391. The molecule has 0 radical (unpaired) electrons. The van der Waals surface area contributed by atoms with Gasteiger partial charge in [-0.2, -0.15) is 11.8 Å². The van der Waals surface area contributed by atoms with Gasteiger partial charge >= 0.3 is 12.0 Å². The molecule has 8 heteroatoms. The second-order valence-electron chi connectivity index (χ2n) is 4.88. The molecule has 0 saturated carbocycles. The number of hydrogen-bond donors (Lipinski definition) is 2. The molecule has 116 valence electrons. The van der Waals surface area contributed by atoms with Crippen LogP contribution in [0.3, 0.4) is 0 Å². The average Bonchev–Trinajstić information content (AvgIpc) is 2.84. The van der Waals surface area contributed by atoms with Crippen molar-refractivity contribution >= 4 is 35.1 Å². The van der Waals surface area contributed by atoms with Crippen LogP contribution in [0.1, 0.15) is 17.1 Å². The minimum atomic E-state index is -0.862. The molecule has 1 aliphatic heterocycles. The first-order chi connectivity index (χ1) is 10.1. The van der Waals surface area contributed by atoms with Crippen molar-refractivity contribution in [2.45, 2.75) is 25.8 Å². The number of carboxylic acid groups (broad SMARTS) is 1. The van der Waals surface area contributed by atoms with E-state index in [1.165, 1.54) is 0 Å². The third-order valence-corrected chi connectivity index (χ3v) is 5.30. The van der Waals surface area contributed by atoms with Crippen molar-refractivity contribution in [1.82, 2.24) is 15.2 Å². The number of nitrogens with zero attached hydrogens (tertiary/aromatic N) is 2. The van der Waals surface area contributed by atoms with Gasteiger partial charge in [-0.15, -0.1) is 11.3 Å². The van der Waals surface area contributed by atoms with E-state index in [-0.39, 0.29) is 18.5 Å². The van der Waals surface area contributed by atoms with Gasteiger partial charge in [-0.05, 0) is 6.92 Å². The van der Waals surface area contributed by atoms with Crippen LogP contribution in [0, 0.1) is 6.92 Å². The minimum absolute atomic E-state index is 0.00605. The Morgan fingerprint density at radius 3 is 3.05 bits per heavy atom. The van der Waals surface area contributed by atoms with Crippen molar-refractivity contribution in [1.29, 1.82) is 0 Å². The summed E-state index contributed by atoms with van der Waals surface area (Å²) in [4.78, 5) is 29.0. The lowest BCUT2D eigenvalue weighted by molar-refractivity contribution is -0.137. The maximum Gasteiger partial charge on any atom is 0.317 e. The van der Waals surface area contributed by atoms with Crippen LogP contribution in [0.2, 0.25) is 0 Å². The van der Waals surface area contributed by atoms with Crippen LogP contribution >= 0.6 is 23.1 Å². The van der Waals surface area contributed by atoms with Gasteiger partial charge in [0.1, 0.15) is 0 Å². The van der Waals surface area contributed by atoms with Crippen LogP contribution in [0.4, 0.5) is 4.79 Å². The number of carbonyl (C=O) groups excluding carboxylic acids is 1. The largest absolute Gasteiger partial charge is 0.481 e. The van der Waals surface area contributed by atoms with E-state index in [9.17, 15) is 9.59 Å². The number of hydrogen-bond acceptors (Lipinski definition) is 5. The highest BCUT2D eigenvalue weighted by molar-refractivity contribution is 7.99. The maximum absolute atomic E-state index is 12.2. The summed E-state index contributed by atoms with van der Waals surface area (Å²) in [5.74, 6) is 0.680. The third-order valence-electron chi connectivity index (χ3n) is 3.18. The number of aliphatic carboxylic acids is 1. The fourth-order valence-corrected chi connectivity index (χ4v) is 4.03. The van der Waals surface area contributed by atoms with E-state index in [0.717, 1.165) is 16.5 Å². The summed E-state index contributed by atoms with van der Waals surface area (Å²) in [7, 11) is 0. The molecule has 1 aromatic rings. The van der Waals surface area contributed by atoms with Gasteiger partial charge < -0.3 is 15.3 Å². The minimum Gasteiger partial charge on any atom is -0.481 e. The molecule has 0 aliphatic carbocycles. The SMILES string of the molecule is Cc1csc(CCNC(=O)N2CCSCC2CC(=O)O)n1. The van der Waals surface area contributed by atoms with Gasteiger partial charge in [0.05, 0.1) is 17.5 Å². The summed E-state index contributed by atoms with van der Waals surface area (Å²) >= 11 is 3.28. The topological polar surface area (TPSA) is 82.5 Å². The number of aryl methyl sites for hydroxylation is 1. The van der Waals surface area contributed by atoms with Crippen molar-refractivity contribution in [2.24, 2.45) is 0 Å². The number of thiazole rings is 1. The molecule has 1 aliphatic rings. The van der Waals surface area contributed by atoms with Gasteiger partial charge in [0.15, 0.2) is 0 Å². The molecular weight excluding hydrogens is 310 g/mol. The number of amides is 2. The molecule has 1 aromatic heterocycles. The van der Waals surface area contributed by atoms with Crippen molar-refractivity contribution < 1.29 is 14.7 Å². The molecule has 2 amide bonds. The Balaban J connectivity index is 1.81. The Hall–Kier alpha value is -1.28. The smallest absolute Gasteiger partial charge is 0.317 e. The molecule has 6 nitrogen and oxygen atoms in total. The number of carbonyl (C=O) groups is 2. The van der Waals surface area contributed by atoms with E-state index in [1.54, 1.807) is 28.0 Å². The Kier molecular flexibility index (Phi) is 5.86. The van der Waals surface area contributed by atoms with Crippen molar-refractivity contribution in [2.75, 3.05) is 24.6 Å². The summed E-state index contributed by atoms with van der Waals surface area (Å²) in [6.07, 6.45) is 0.711. The first-order valence-electron chi connectivity index (χ1n) is 6.81. The number of carboxylic acids is 1. The zero-order valence-corrected chi connectivity index (χ0v) is 13.5. The Morgan fingerprint density at radius 2 is 2.38 bits per heavy atom. The highest BCUT2D eigenvalue weighted by Crippen LogP contribution is 2.19. The van der Waals surface area contributed by atoms with Gasteiger partial charge in [0.2, 0.25) is 0 Å². The molecule has 1 unspecified atom stereocenters. The van der Waals surface area contributed by atoms with Gasteiger partial charge in [0, 0.05) is 42.1 Å². The summed E-state index contributed by atoms with van der Waals surface area (Å²) in [5.41, 5.74) is 0.996. The highest BCUT2D eigenvalue weighted by atomic mass is 32.2. The number of aromatic nitrogens is 1. The maximum atomic E-state index is 12.2. The summed E-state index contributed by atoms with van der Waals surface area (Å²) in [6.45, 7) is 3.07. The number of nitrogens with one attached hydrogen (secondary N) is 1. The highest BCUT2D eigenvalue weighted by Gasteiger charge is 2.28. The second kappa shape index (κ2) is 7.65. The lowest BCUT2D eigenvalue weighted by Crippen LogP contribution is -2.51. The predicted molar refractivity (Wildman–Crippen MR) is 84.0 cm³/mol. The first kappa shape index (κ1) is 16.1. The van der Waals surface area contributed by atoms with Crippen molar-refractivity contribution in [3.63, 3.8) is 0 Å². The van der Waals surface area contributed by atoms with Crippen LogP contribution in [0.5, 0.6) is 0 Å². The molecule has 1 saturated heterocycles. The Morgan fingerprint density at radius 1 is 1.57 bits per heavy atom. The molecule has 1 atom stereocenters. The molecule has 0 bridgehead atoms. The molecule has 2 N–H and O–H groups in total. The third kappa shape index (κ3) is 4.89. The van der Waals surface area contributed by atoms with E-state index in [0.29, 0.717) is 25.3 Å². The lowest BCUT2D eigenvalue weighted by Gasteiger charge is -2.34. The Labute approximate surface area is 131 Å². The molecule has 2 heterocycles. The molecule has 0 spiro atoms. The van der Waals surface area contributed by atoms with Crippen LogP contribution in [0.15, 0.2) is 5.38 Å². The van der Waals surface area contributed by atoms with Gasteiger partial charge in [-0.25, -0.2) is 9.78 Å².